The van der Waals surface area contributed by atoms with Crippen molar-refractivity contribution in [3.63, 3.8) is 0 Å². The zero-order chi connectivity index (χ0) is 15.2. The minimum atomic E-state index is -1.04. The van der Waals surface area contributed by atoms with Gasteiger partial charge in [-0.05, 0) is 50.2 Å². The average molecular weight is 292 g/mol. The Balaban J connectivity index is 2.07. The molecule has 1 aromatic rings. The van der Waals surface area contributed by atoms with Crippen LogP contribution >= 0.6 is 0 Å². The number of rotatable bonds is 6. The van der Waals surface area contributed by atoms with Crippen LogP contribution in [0.15, 0.2) is 24.3 Å². The second kappa shape index (κ2) is 7.22. The van der Waals surface area contributed by atoms with Gasteiger partial charge >= 0.3 is 5.97 Å². The van der Waals surface area contributed by atoms with E-state index in [4.69, 9.17) is 5.11 Å². The molecule has 4 nitrogen and oxygen atoms in total. The van der Waals surface area contributed by atoms with Gasteiger partial charge in [-0.2, -0.15) is 0 Å². The summed E-state index contributed by atoms with van der Waals surface area (Å²) in [6, 6.07) is 4.46. The lowest BCUT2D eigenvalue weighted by molar-refractivity contribution is -0.131. The SMILES string of the molecule is CN(CCN1CCCC1)c1ccc(F)cc1C=CC(=O)O. The molecule has 0 bridgehead atoms. The van der Waals surface area contributed by atoms with Crippen LogP contribution < -0.4 is 4.90 Å². The quantitative estimate of drug-likeness (QED) is 0.818. The van der Waals surface area contributed by atoms with Crippen molar-refractivity contribution in [2.75, 3.05) is 38.1 Å². The van der Waals surface area contributed by atoms with Crippen LogP contribution in [0.1, 0.15) is 18.4 Å². The van der Waals surface area contributed by atoms with Crippen LogP contribution in [0.4, 0.5) is 10.1 Å². The van der Waals surface area contributed by atoms with Crippen LogP contribution in [0, 0.1) is 5.82 Å². The summed E-state index contributed by atoms with van der Waals surface area (Å²) in [6.07, 6.45) is 4.99. The van der Waals surface area contributed by atoms with Crippen molar-refractivity contribution < 1.29 is 14.3 Å². The molecule has 1 saturated heterocycles. The Hall–Kier alpha value is -1.88. The summed E-state index contributed by atoms with van der Waals surface area (Å²) in [7, 11) is 1.95. The Bertz CT molecular complexity index is 525. The minimum absolute atomic E-state index is 0.364. The number of hydrogen-bond acceptors (Lipinski definition) is 3. The maximum Gasteiger partial charge on any atom is 0.328 e. The number of aliphatic carboxylic acids is 1. The fourth-order valence-corrected chi connectivity index (χ4v) is 2.59. The summed E-state index contributed by atoms with van der Waals surface area (Å²) in [5, 5.41) is 8.72. The monoisotopic (exact) mass is 292 g/mol. The Morgan fingerprint density at radius 1 is 1.43 bits per heavy atom. The number of carbonyl (C=O) groups is 1. The molecule has 5 heteroatoms. The van der Waals surface area contributed by atoms with E-state index < -0.39 is 5.97 Å². The van der Waals surface area contributed by atoms with E-state index >= 15 is 0 Å². The zero-order valence-corrected chi connectivity index (χ0v) is 12.3. The lowest BCUT2D eigenvalue weighted by Gasteiger charge is -2.24. The van der Waals surface area contributed by atoms with Crippen molar-refractivity contribution in [3.8, 4) is 0 Å². The first kappa shape index (κ1) is 15.5. The van der Waals surface area contributed by atoms with Crippen molar-refractivity contribution >= 4 is 17.7 Å². The van der Waals surface area contributed by atoms with Gasteiger partial charge in [0.05, 0.1) is 0 Å². The van der Waals surface area contributed by atoms with E-state index in [1.807, 2.05) is 11.9 Å². The largest absolute Gasteiger partial charge is 0.478 e. The number of hydrogen-bond donors (Lipinski definition) is 1. The zero-order valence-electron chi connectivity index (χ0n) is 12.3. The summed E-state index contributed by atoms with van der Waals surface area (Å²) in [5.41, 5.74) is 1.43. The number of carboxylic acids is 1. The van der Waals surface area contributed by atoms with Crippen LogP contribution in [0.5, 0.6) is 0 Å². The third-order valence-corrected chi connectivity index (χ3v) is 3.76. The Labute approximate surface area is 124 Å². The molecule has 114 valence electrons. The molecule has 0 saturated carbocycles. The van der Waals surface area contributed by atoms with Gasteiger partial charge in [-0.1, -0.05) is 0 Å². The molecule has 1 fully saturated rings. The fraction of sp³-hybridized carbons (Fsp3) is 0.438. The number of likely N-dealkylation sites (tertiary alicyclic amines) is 1. The highest BCUT2D eigenvalue weighted by Crippen LogP contribution is 2.22. The average Bonchev–Trinajstić information content (AvgIpc) is 2.96. The molecule has 21 heavy (non-hydrogen) atoms. The van der Waals surface area contributed by atoms with Gasteiger partial charge in [0.1, 0.15) is 5.82 Å². The molecular formula is C16H21FN2O2. The molecule has 0 aliphatic carbocycles. The second-order valence-electron chi connectivity index (χ2n) is 5.35. The molecule has 0 spiro atoms. The van der Waals surface area contributed by atoms with Crippen molar-refractivity contribution in [2.45, 2.75) is 12.8 Å². The second-order valence-corrected chi connectivity index (χ2v) is 5.35. The highest BCUT2D eigenvalue weighted by atomic mass is 19.1. The van der Waals surface area contributed by atoms with Crippen molar-refractivity contribution in [2.24, 2.45) is 0 Å². The number of likely N-dealkylation sites (N-methyl/N-ethyl adjacent to an activating group) is 1. The summed E-state index contributed by atoms with van der Waals surface area (Å²) >= 11 is 0. The highest BCUT2D eigenvalue weighted by Gasteiger charge is 2.13. The molecule has 1 aliphatic heterocycles. The first-order chi connectivity index (χ1) is 10.1. The third-order valence-electron chi connectivity index (χ3n) is 3.76. The van der Waals surface area contributed by atoms with Crippen LogP contribution in [-0.2, 0) is 4.79 Å². The van der Waals surface area contributed by atoms with E-state index in [1.165, 1.54) is 31.1 Å². The summed E-state index contributed by atoms with van der Waals surface area (Å²) in [6.45, 7) is 4.08. The van der Waals surface area contributed by atoms with E-state index in [0.29, 0.717) is 5.56 Å². The topological polar surface area (TPSA) is 43.8 Å². The third kappa shape index (κ3) is 4.56. The predicted octanol–water partition coefficient (Wildman–Crippen LogP) is 2.46. The van der Waals surface area contributed by atoms with Gasteiger partial charge < -0.3 is 14.9 Å². The molecule has 1 N–H and O–H groups in total. The molecule has 0 unspecified atom stereocenters. The molecule has 0 radical (unpaired) electrons. The standard InChI is InChI=1S/C16H21FN2O2/c1-18(10-11-19-8-2-3-9-19)15-6-5-14(17)12-13(15)4-7-16(20)21/h4-7,12H,2-3,8-11H2,1H3,(H,20,21). The van der Waals surface area contributed by atoms with Gasteiger partial charge in [-0.25, -0.2) is 9.18 Å². The first-order valence-electron chi connectivity index (χ1n) is 7.20. The Morgan fingerprint density at radius 2 is 2.14 bits per heavy atom. The van der Waals surface area contributed by atoms with Gasteiger partial charge in [0, 0.05) is 37.5 Å². The van der Waals surface area contributed by atoms with Crippen LogP contribution in [0.2, 0.25) is 0 Å². The summed E-state index contributed by atoms with van der Waals surface area (Å²) in [5.74, 6) is -1.40. The van der Waals surface area contributed by atoms with E-state index in [0.717, 1.165) is 37.9 Å². The molecular weight excluding hydrogens is 271 g/mol. The van der Waals surface area contributed by atoms with Crippen LogP contribution in [0.3, 0.4) is 0 Å². The van der Waals surface area contributed by atoms with Crippen LogP contribution in [-0.4, -0.2) is 49.2 Å². The van der Waals surface area contributed by atoms with Crippen molar-refractivity contribution in [3.05, 3.63) is 35.7 Å². The van der Waals surface area contributed by atoms with Crippen LogP contribution in [0.25, 0.3) is 6.08 Å². The fourth-order valence-electron chi connectivity index (χ4n) is 2.59. The van der Waals surface area contributed by atoms with E-state index in [9.17, 15) is 9.18 Å². The summed E-state index contributed by atoms with van der Waals surface area (Å²) < 4.78 is 13.4. The molecule has 0 aromatic heterocycles. The lowest BCUT2D eigenvalue weighted by atomic mass is 10.1. The van der Waals surface area contributed by atoms with E-state index in [1.54, 1.807) is 6.07 Å². The van der Waals surface area contributed by atoms with Gasteiger partial charge in [0.15, 0.2) is 0 Å². The Morgan fingerprint density at radius 3 is 2.81 bits per heavy atom. The molecule has 2 rings (SSSR count). The lowest BCUT2D eigenvalue weighted by Crippen LogP contribution is -2.31. The van der Waals surface area contributed by atoms with Gasteiger partial charge in [0.2, 0.25) is 0 Å². The highest BCUT2D eigenvalue weighted by molar-refractivity contribution is 5.87. The van der Waals surface area contributed by atoms with Gasteiger partial charge in [-0.3, -0.25) is 0 Å². The maximum absolute atomic E-state index is 13.4. The number of nitrogens with zero attached hydrogens (tertiary/aromatic N) is 2. The summed E-state index contributed by atoms with van der Waals surface area (Å²) in [4.78, 5) is 15.1. The maximum atomic E-state index is 13.4. The molecule has 1 heterocycles. The smallest absolute Gasteiger partial charge is 0.328 e. The normalized spacial score (nSPS) is 15.7. The van der Waals surface area contributed by atoms with E-state index in [2.05, 4.69) is 4.90 Å². The van der Waals surface area contributed by atoms with Crippen molar-refractivity contribution in [1.29, 1.82) is 0 Å². The molecule has 0 atom stereocenters. The molecule has 1 aromatic carbocycles. The van der Waals surface area contributed by atoms with Gasteiger partial charge in [-0.15, -0.1) is 0 Å². The number of anilines is 1. The number of halogens is 1. The Kier molecular flexibility index (Phi) is 5.33. The van der Waals surface area contributed by atoms with E-state index in [-0.39, 0.29) is 5.82 Å². The predicted molar refractivity (Wildman–Crippen MR) is 82.0 cm³/mol. The number of benzene rings is 1. The minimum Gasteiger partial charge on any atom is -0.478 e. The van der Waals surface area contributed by atoms with Gasteiger partial charge in [0.25, 0.3) is 0 Å². The number of carboxylic acid groups (broad SMARTS) is 1. The van der Waals surface area contributed by atoms with Crippen molar-refractivity contribution in [1.82, 2.24) is 4.90 Å². The molecule has 1 aliphatic rings. The first-order valence-corrected chi connectivity index (χ1v) is 7.20. The molecule has 0 amide bonds.